The van der Waals surface area contributed by atoms with E-state index in [2.05, 4.69) is 53.5 Å². The molecule has 3 heteroatoms. The Balaban J connectivity index is 1.70. The lowest BCUT2D eigenvalue weighted by Gasteiger charge is -2.35. The lowest BCUT2D eigenvalue weighted by molar-refractivity contribution is 0.160. The number of aryl methyl sites for hydroxylation is 1. The van der Waals surface area contributed by atoms with Crippen LogP contribution >= 0.6 is 11.6 Å². The predicted octanol–water partition coefficient (Wildman–Crippen LogP) is 4.97. The van der Waals surface area contributed by atoms with Gasteiger partial charge in [0.25, 0.3) is 0 Å². The molecule has 2 aromatic rings. The number of piperidine rings is 1. The summed E-state index contributed by atoms with van der Waals surface area (Å²) in [4.78, 5) is 2.59. The molecule has 0 amide bonds. The minimum Gasteiger partial charge on any atom is -0.311 e. The standard InChI is InChI=1S/C21H27ClN2/c1-17-9-3-4-10-18(17)15-23-16-21(24-13-7-2-8-14-24)19-11-5-6-12-20(19)22/h3-6,9-12,21,23H,2,7-8,13-16H2,1H3. The largest absolute Gasteiger partial charge is 0.311 e. The van der Waals surface area contributed by atoms with Crippen LogP contribution in [0.25, 0.3) is 0 Å². The van der Waals surface area contributed by atoms with Crippen molar-refractivity contribution >= 4 is 11.6 Å². The number of hydrogen-bond acceptors (Lipinski definition) is 2. The molecule has 2 nitrogen and oxygen atoms in total. The molecular formula is C21H27ClN2. The summed E-state index contributed by atoms with van der Waals surface area (Å²) in [5.41, 5.74) is 3.96. The monoisotopic (exact) mass is 342 g/mol. The molecule has 0 saturated carbocycles. The Bertz CT molecular complexity index is 650. The highest BCUT2D eigenvalue weighted by molar-refractivity contribution is 6.31. The van der Waals surface area contributed by atoms with Crippen molar-refractivity contribution in [1.82, 2.24) is 10.2 Å². The number of halogens is 1. The molecule has 1 unspecified atom stereocenters. The lowest BCUT2D eigenvalue weighted by atomic mass is 10.0. The summed E-state index contributed by atoms with van der Waals surface area (Å²) in [6.07, 6.45) is 3.93. The number of rotatable bonds is 6. The molecule has 0 radical (unpaired) electrons. The summed E-state index contributed by atoms with van der Waals surface area (Å²) in [6.45, 7) is 6.34. The van der Waals surface area contributed by atoms with E-state index in [-0.39, 0.29) is 0 Å². The van der Waals surface area contributed by atoms with E-state index in [0.29, 0.717) is 6.04 Å². The summed E-state index contributed by atoms with van der Waals surface area (Å²) >= 11 is 6.50. The Morgan fingerprint density at radius 3 is 2.46 bits per heavy atom. The molecule has 0 aromatic heterocycles. The molecule has 1 aliphatic rings. The maximum absolute atomic E-state index is 6.50. The van der Waals surface area contributed by atoms with Gasteiger partial charge in [-0.05, 0) is 55.6 Å². The molecular weight excluding hydrogens is 316 g/mol. The molecule has 1 atom stereocenters. The van der Waals surface area contributed by atoms with E-state index in [1.165, 1.54) is 49.0 Å². The van der Waals surface area contributed by atoms with Gasteiger partial charge in [0.15, 0.2) is 0 Å². The molecule has 1 fully saturated rings. The topological polar surface area (TPSA) is 15.3 Å². The third-order valence-electron chi connectivity index (χ3n) is 5.01. The van der Waals surface area contributed by atoms with Crippen LogP contribution in [0.3, 0.4) is 0 Å². The Morgan fingerprint density at radius 1 is 1.00 bits per heavy atom. The minimum atomic E-state index is 0.350. The quantitative estimate of drug-likeness (QED) is 0.797. The van der Waals surface area contributed by atoms with Gasteiger partial charge in [-0.2, -0.15) is 0 Å². The highest BCUT2D eigenvalue weighted by Gasteiger charge is 2.23. The van der Waals surface area contributed by atoms with Gasteiger partial charge in [0, 0.05) is 24.2 Å². The molecule has 0 bridgehead atoms. The van der Waals surface area contributed by atoms with Crippen molar-refractivity contribution in [3.63, 3.8) is 0 Å². The van der Waals surface area contributed by atoms with Gasteiger partial charge in [-0.15, -0.1) is 0 Å². The smallest absolute Gasteiger partial charge is 0.0487 e. The van der Waals surface area contributed by atoms with Crippen LogP contribution in [0.1, 0.15) is 42.0 Å². The van der Waals surface area contributed by atoms with Crippen LogP contribution in [0.15, 0.2) is 48.5 Å². The Morgan fingerprint density at radius 2 is 1.71 bits per heavy atom. The van der Waals surface area contributed by atoms with Gasteiger partial charge in [-0.1, -0.05) is 60.5 Å². The molecule has 1 aliphatic heterocycles. The first-order chi connectivity index (χ1) is 11.8. The van der Waals surface area contributed by atoms with Gasteiger partial charge in [-0.25, -0.2) is 0 Å². The van der Waals surface area contributed by atoms with E-state index in [9.17, 15) is 0 Å². The number of likely N-dealkylation sites (tertiary alicyclic amines) is 1. The fraction of sp³-hybridized carbons (Fsp3) is 0.429. The third-order valence-corrected chi connectivity index (χ3v) is 5.35. The minimum absolute atomic E-state index is 0.350. The second-order valence-electron chi connectivity index (χ2n) is 6.69. The van der Waals surface area contributed by atoms with E-state index >= 15 is 0 Å². The number of benzene rings is 2. The van der Waals surface area contributed by atoms with E-state index in [1.54, 1.807) is 0 Å². The van der Waals surface area contributed by atoms with Gasteiger partial charge < -0.3 is 5.32 Å². The van der Waals surface area contributed by atoms with Crippen molar-refractivity contribution in [2.75, 3.05) is 19.6 Å². The predicted molar refractivity (Wildman–Crippen MR) is 103 cm³/mol. The second-order valence-corrected chi connectivity index (χ2v) is 7.10. The van der Waals surface area contributed by atoms with E-state index in [4.69, 9.17) is 11.6 Å². The average molecular weight is 343 g/mol. The molecule has 0 aliphatic carbocycles. The summed E-state index contributed by atoms with van der Waals surface area (Å²) < 4.78 is 0. The molecule has 1 N–H and O–H groups in total. The fourth-order valence-corrected chi connectivity index (χ4v) is 3.82. The Kier molecular flexibility index (Phi) is 6.30. The Hall–Kier alpha value is -1.35. The van der Waals surface area contributed by atoms with E-state index in [1.807, 2.05) is 12.1 Å². The van der Waals surface area contributed by atoms with Crippen LogP contribution in [0, 0.1) is 6.92 Å². The first-order valence-corrected chi connectivity index (χ1v) is 9.37. The first-order valence-electron chi connectivity index (χ1n) is 8.99. The van der Waals surface area contributed by atoms with E-state index < -0.39 is 0 Å². The first kappa shape index (κ1) is 17.5. The highest BCUT2D eigenvalue weighted by atomic mass is 35.5. The third kappa shape index (κ3) is 4.38. The average Bonchev–Trinajstić information content (AvgIpc) is 2.62. The summed E-state index contributed by atoms with van der Waals surface area (Å²) in [5.74, 6) is 0. The van der Waals surface area contributed by atoms with Crippen molar-refractivity contribution in [3.8, 4) is 0 Å². The van der Waals surface area contributed by atoms with Gasteiger partial charge in [0.05, 0.1) is 0 Å². The lowest BCUT2D eigenvalue weighted by Crippen LogP contribution is -2.39. The van der Waals surface area contributed by atoms with Crippen LogP contribution in [0.5, 0.6) is 0 Å². The second kappa shape index (κ2) is 8.66. The zero-order valence-electron chi connectivity index (χ0n) is 14.5. The van der Waals surface area contributed by atoms with Crippen molar-refractivity contribution in [2.24, 2.45) is 0 Å². The van der Waals surface area contributed by atoms with Crippen LogP contribution in [0.2, 0.25) is 5.02 Å². The number of nitrogens with zero attached hydrogens (tertiary/aromatic N) is 1. The SMILES string of the molecule is Cc1ccccc1CNCC(c1ccccc1Cl)N1CCCCC1. The van der Waals surface area contributed by atoms with Crippen molar-refractivity contribution in [2.45, 2.75) is 38.8 Å². The normalized spacial score (nSPS) is 16.9. The Labute approximate surface area is 150 Å². The maximum atomic E-state index is 6.50. The van der Waals surface area contributed by atoms with Crippen molar-refractivity contribution in [1.29, 1.82) is 0 Å². The molecule has 1 heterocycles. The fourth-order valence-electron chi connectivity index (χ4n) is 3.56. The maximum Gasteiger partial charge on any atom is 0.0487 e. The summed E-state index contributed by atoms with van der Waals surface area (Å²) in [5, 5.41) is 4.55. The molecule has 1 saturated heterocycles. The van der Waals surface area contributed by atoms with Gasteiger partial charge >= 0.3 is 0 Å². The van der Waals surface area contributed by atoms with Crippen molar-refractivity contribution in [3.05, 3.63) is 70.2 Å². The van der Waals surface area contributed by atoms with Crippen LogP contribution < -0.4 is 5.32 Å². The summed E-state index contributed by atoms with van der Waals surface area (Å²) in [6, 6.07) is 17.2. The van der Waals surface area contributed by atoms with Crippen molar-refractivity contribution < 1.29 is 0 Å². The van der Waals surface area contributed by atoms with Gasteiger partial charge in [-0.3, -0.25) is 4.90 Å². The van der Waals surface area contributed by atoms with Crippen LogP contribution in [-0.4, -0.2) is 24.5 Å². The molecule has 2 aromatic carbocycles. The molecule has 24 heavy (non-hydrogen) atoms. The van der Waals surface area contributed by atoms with E-state index in [0.717, 1.165) is 18.1 Å². The highest BCUT2D eigenvalue weighted by Crippen LogP contribution is 2.29. The van der Waals surface area contributed by atoms with Gasteiger partial charge in [0.2, 0.25) is 0 Å². The zero-order valence-corrected chi connectivity index (χ0v) is 15.2. The molecule has 128 valence electrons. The molecule has 0 spiro atoms. The summed E-state index contributed by atoms with van der Waals surface area (Å²) in [7, 11) is 0. The van der Waals surface area contributed by atoms with Crippen LogP contribution in [0.4, 0.5) is 0 Å². The number of nitrogens with one attached hydrogen (secondary N) is 1. The van der Waals surface area contributed by atoms with Crippen LogP contribution in [-0.2, 0) is 6.54 Å². The molecule has 3 rings (SSSR count). The number of hydrogen-bond donors (Lipinski definition) is 1. The van der Waals surface area contributed by atoms with Gasteiger partial charge in [0.1, 0.15) is 0 Å². The zero-order chi connectivity index (χ0) is 16.8.